The molecule has 0 radical (unpaired) electrons. The second kappa shape index (κ2) is 12.5. The van der Waals surface area contributed by atoms with Crippen molar-refractivity contribution in [3.8, 4) is 33.6 Å². The van der Waals surface area contributed by atoms with Crippen molar-refractivity contribution < 1.29 is 0 Å². The summed E-state index contributed by atoms with van der Waals surface area (Å²) in [5.74, 6) is 0. The fourth-order valence-electron chi connectivity index (χ4n) is 9.88. The molecule has 0 atom stereocenters. The molecule has 13 aromatic rings. The first-order valence-corrected chi connectivity index (χ1v) is 21.1. The summed E-state index contributed by atoms with van der Waals surface area (Å²) < 4.78 is 7.62. The van der Waals surface area contributed by atoms with Crippen molar-refractivity contribution in [1.82, 2.24) is 9.13 Å². The Balaban J connectivity index is 1.04. The zero-order valence-corrected chi connectivity index (χ0v) is 32.7. The maximum absolute atomic E-state index is 2.51. The second-order valence-corrected chi connectivity index (χ2v) is 16.7. The lowest BCUT2D eigenvalue weighted by molar-refractivity contribution is 1.20. The summed E-state index contributed by atoms with van der Waals surface area (Å²) in [6, 6.07) is 76.2. The van der Waals surface area contributed by atoms with Gasteiger partial charge in [0.15, 0.2) is 0 Å². The number of aromatic nitrogens is 2. The number of nitrogens with zero attached hydrogens (tertiary/aromatic N) is 2. The van der Waals surface area contributed by atoms with E-state index in [1.165, 1.54) is 119 Å². The van der Waals surface area contributed by atoms with E-state index in [-0.39, 0.29) is 0 Å². The number of hydrogen-bond acceptors (Lipinski definition) is 1. The van der Waals surface area contributed by atoms with Gasteiger partial charge >= 0.3 is 0 Å². The normalized spacial score (nSPS) is 12.1. The molecule has 2 nitrogen and oxygen atoms in total. The SMILES string of the molecule is c1ccc(-c2ccc(-n3c4ccc(-c5ccc6c(c5)c5ccccc5n6-c5cccc6c5sc5ccccc56)cc4c4ccc5ccccc5c43)c3ccccc23)cc1. The molecule has 274 valence electrons. The van der Waals surface area contributed by atoms with Crippen LogP contribution in [-0.2, 0) is 0 Å². The summed E-state index contributed by atoms with van der Waals surface area (Å²) in [5.41, 5.74) is 12.2. The Bertz CT molecular complexity index is 3840. The highest BCUT2D eigenvalue weighted by Crippen LogP contribution is 2.44. The zero-order chi connectivity index (χ0) is 38.6. The van der Waals surface area contributed by atoms with Crippen LogP contribution in [0.5, 0.6) is 0 Å². The first kappa shape index (κ1) is 32.6. The van der Waals surface area contributed by atoms with E-state index >= 15 is 0 Å². The standard InChI is InChI=1S/C56H34N2S/c1-2-13-35(14-3-1)39-29-32-50(42-18-7-6-17-41(39)42)58-52-31-27-38(34-48(52)45-28-25-36-15-4-5-16-40(36)55(45)58)37-26-30-51-47(33-37)43-19-8-10-22-49(43)57(51)53-23-12-21-46-44-20-9-11-24-54(44)59-56(46)53/h1-34H. The van der Waals surface area contributed by atoms with E-state index in [2.05, 4.69) is 215 Å². The molecule has 10 aromatic carbocycles. The van der Waals surface area contributed by atoms with Crippen molar-refractivity contribution >= 4 is 96.7 Å². The molecule has 3 aromatic heterocycles. The van der Waals surface area contributed by atoms with Crippen LogP contribution in [-0.4, -0.2) is 9.13 Å². The van der Waals surface area contributed by atoms with Crippen LogP contribution in [0.2, 0.25) is 0 Å². The monoisotopic (exact) mass is 766 g/mol. The van der Waals surface area contributed by atoms with Gasteiger partial charge in [-0.1, -0.05) is 158 Å². The molecular formula is C56H34N2S. The second-order valence-electron chi connectivity index (χ2n) is 15.6. The van der Waals surface area contributed by atoms with Gasteiger partial charge in [0.05, 0.1) is 38.1 Å². The van der Waals surface area contributed by atoms with E-state index in [9.17, 15) is 0 Å². The highest BCUT2D eigenvalue weighted by atomic mass is 32.1. The van der Waals surface area contributed by atoms with Gasteiger partial charge in [0.2, 0.25) is 0 Å². The fourth-order valence-corrected chi connectivity index (χ4v) is 11.1. The van der Waals surface area contributed by atoms with Crippen LogP contribution in [0, 0.1) is 0 Å². The third kappa shape index (κ3) is 4.74. The van der Waals surface area contributed by atoms with Gasteiger partial charge in [0, 0.05) is 47.8 Å². The van der Waals surface area contributed by atoms with Crippen LogP contribution >= 0.6 is 11.3 Å². The van der Waals surface area contributed by atoms with E-state index in [4.69, 9.17) is 0 Å². The molecule has 59 heavy (non-hydrogen) atoms. The van der Waals surface area contributed by atoms with Crippen LogP contribution in [0.4, 0.5) is 0 Å². The van der Waals surface area contributed by atoms with Crippen LogP contribution in [0.25, 0.3) is 119 Å². The molecule has 0 fully saturated rings. The Morgan fingerprint density at radius 1 is 0.305 bits per heavy atom. The van der Waals surface area contributed by atoms with Gasteiger partial charge in [0.1, 0.15) is 0 Å². The van der Waals surface area contributed by atoms with Gasteiger partial charge in [0.25, 0.3) is 0 Å². The van der Waals surface area contributed by atoms with Gasteiger partial charge < -0.3 is 9.13 Å². The first-order valence-electron chi connectivity index (χ1n) is 20.3. The summed E-state index contributed by atoms with van der Waals surface area (Å²) in [7, 11) is 0. The number of benzene rings is 10. The molecular weight excluding hydrogens is 733 g/mol. The molecule has 0 aliphatic carbocycles. The highest BCUT2D eigenvalue weighted by molar-refractivity contribution is 7.26. The van der Waals surface area contributed by atoms with Gasteiger partial charge in [-0.15, -0.1) is 11.3 Å². The lowest BCUT2D eigenvalue weighted by Crippen LogP contribution is -1.97. The average Bonchev–Trinajstić information content (AvgIpc) is 3.96. The number of rotatable bonds is 4. The maximum atomic E-state index is 2.51. The topological polar surface area (TPSA) is 9.86 Å². The van der Waals surface area contributed by atoms with Crippen molar-refractivity contribution in [2.45, 2.75) is 0 Å². The minimum absolute atomic E-state index is 1.19. The highest BCUT2D eigenvalue weighted by Gasteiger charge is 2.20. The van der Waals surface area contributed by atoms with E-state index in [0.29, 0.717) is 0 Å². The quantitative estimate of drug-likeness (QED) is 0.169. The van der Waals surface area contributed by atoms with Crippen molar-refractivity contribution in [3.05, 3.63) is 206 Å². The lowest BCUT2D eigenvalue weighted by Gasteiger charge is -2.16. The van der Waals surface area contributed by atoms with Crippen molar-refractivity contribution in [2.75, 3.05) is 0 Å². The van der Waals surface area contributed by atoms with Gasteiger partial charge in [-0.2, -0.15) is 0 Å². The summed E-state index contributed by atoms with van der Waals surface area (Å²) >= 11 is 1.88. The molecule has 0 aliphatic heterocycles. The molecule has 0 unspecified atom stereocenters. The molecule has 0 N–H and O–H groups in total. The summed E-state index contributed by atoms with van der Waals surface area (Å²) in [4.78, 5) is 0. The largest absolute Gasteiger partial charge is 0.308 e. The van der Waals surface area contributed by atoms with Crippen molar-refractivity contribution in [2.24, 2.45) is 0 Å². The molecule has 3 heterocycles. The zero-order valence-electron chi connectivity index (χ0n) is 31.9. The molecule has 0 bridgehead atoms. The number of thiophene rings is 1. The molecule has 0 spiro atoms. The van der Waals surface area contributed by atoms with Crippen LogP contribution in [0.1, 0.15) is 0 Å². The smallest absolute Gasteiger partial charge is 0.0640 e. The Labute approximate surface area is 344 Å². The predicted molar refractivity (Wildman–Crippen MR) is 254 cm³/mol. The third-order valence-corrected chi connectivity index (χ3v) is 13.7. The van der Waals surface area contributed by atoms with Crippen LogP contribution in [0.3, 0.4) is 0 Å². The molecule has 13 rings (SSSR count). The Kier molecular flexibility index (Phi) is 6.92. The van der Waals surface area contributed by atoms with Crippen LogP contribution in [0.15, 0.2) is 206 Å². The number of fused-ring (bicyclic) bond motifs is 12. The van der Waals surface area contributed by atoms with Crippen LogP contribution < -0.4 is 0 Å². The average molecular weight is 767 g/mol. The first-order chi connectivity index (χ1) is 29.3. The van der Waals surface area contributed by atoms with Crippen molar-refractivity contribution in [1.29, 1.82) is 0 Å². The minimum Gasteiger partial charge on any atom is -0.308 e. The Morgan fingerprint density at radius 2 is 0.932 bits per heavy atom. The Hall–Kier alpha value is -7.46. The van der Waals surface area contributed by atoms with E-state index < -0.39 is 0 Å². The molecule has 0 saturated heterocycles. The molecule has 0 saturated carbocycles. The fraction of sp³-hybridized carbons (Fsp3) is 0. The third-order valence-electron chi connectivity index (χ3n) is 12.5. The number of para-hydroxylation sites is 1. The summed E-state index contributed by atoms with van der Waals surface area (Å²) in [5, 5.41) is 12.6. The lowest BCUT2D eigenvalue weighted by atomic mass is 9.97. The minimum atomic E-state index is 1.19. The van der Waals surface area contributed by atoms with Gasteiger partial charge in [-0.05, 0) is 81.6 Å². The van der Waals surface area contributed by atoms with Gasteiger partial charge in [-0.3, -0.25) is 0 Å². The van der Waals surface area contributed by atoms with E-state index in [0.717, 1.165) is 0 Å². The maximum Gasteiger partial charge on any atom is 0.0640 e. The van der Waals surface area contributed by atoms with E-state index in [1.54, 1.807) is 0 Å². The van der Waals surface area contributed by atoms with Gasteiger partial charge in [-0.25, -0.2) is 0 Å². The molecule has 0 aliphatic rings. The van der Waals surface area contributed by atoms with E-state index in [1.807, 2.05) is 11.3 Å². The predicted octanol–water partition coefficient (Wildman–Crippen LogP) is 15.9. The summed E-state index contributed by atoms with van der Waals surface area (Å²) in [6.07, 6.45) is 0. The molecule has 0 amide bonds. The molecule has 3 heteroatoms. The van der Waals surface area contributed by atoms with Crippen molar-refractivity contribution in [3.63, 3.8) is 0 Å². The summed E-state index contributed by atoms with van der Waals surface area (Å²) in [6.45, 7) is 0. The Morgan fingerprint density at radius 3 is 1.76 bits per heavy atom. The number of hydrogen-bond donors (Lipinski definition) is 0.